The maximum absolute atomic E-state index is 14.2. The van der Waals surface area contributed by atoms with Gasteiger partial charge in [-0.15, -0.1) is 0 Å². The third-order valence-corrected chi connectivity index (χ3v) is 6.35. The Kier molecular flexibility index (Phi) is 8.25. The highest BCUT2D eigenvalue weighted by Gasteiger charge is 2.36. The van der Waals surface area contributed by atoms with Crippen LogP contribution in [0.1, 0.15) is 45.7 Å². The monoisotopic (exact) mass is 616 g/mol. The lowest BCUT2D eigenvalue weighted by Gasteiger charge is -2.29. The molecule has 0 bridgehead atoms. The second-order valence-electron chi connectivity index (χ2n) is 9.29. The van der Waals surface area contributed by atoms with Crippen LogP contribution in [0.25, 0.3) is 0 Å². The van der Waals surface area contributed by atoms with Gasteiger partial charge in [-0.25, -0.2) is 53.5 Å². The van der Waals surface area contributed by atoms with Crippen LogP contribution in [-0.4, -0.2) is 11.9 Å². The largest absolute Gasteiger partial charge is 0.422 e. The van der Waals surface area contributed by atoms with Gasteiger partial charge in [-0.2, -0.15) is 0 Å². The average Bonchev–Trinajstić information content (AvgIpc) is 2.97. The molecule has 0 aromatic heterocycles. The lowest BCUT2D eigenvalue weighted by Crippen LogP contribution is -2.24. The van der Waals surface area contributed by atoms with Crippen molar-refractivity contribution in [2.45, 2.75) is 19.3 Å². The van der Waals surface area contributed by atoms with E-state index in [1.165, 1.54) is 50.2 Å². The number of benzene rings is 4. The van der Waals surface area contributed by atoms with Crippen molar-refractivity contribution in [3.63, 3.8) is 0 Å². The fraction of sp³-hybridized carbons (Fsp3) is 0.103. The Morgan fingerprint density at radius 1 is 0.465 bits per heavy atom. The highest BCUT2D eigenvalue weighted by molar-refractivity contribution is 5.93. The maximum Gasteiger partial charge on any atom is 0.349 e. The third kappa shape index (κ3) is 5.28. The van der Waals surface area contributed by atoms with Gasteiger partial charge in [-0.3, -0.25) is 0 Å². The summed E-state index contributed by atoms with van der Waals surface area (Å²) in [7, 11) is 0. The fourth-order valence-electron chi connectivity index (χ4n) is 4.16. The molecule has 0 N–H and O–H groups in total. The highest BCUT2D eigenvalue weighted by atomic mass is 19.2. The molecular formula is C29H14F10O4. The van der Waals surface area contributed by atoms with Crippen molar-refractivity contribution >= 4 is 11.9 Å². The molecule has 0 fully saturated rings. The Morgan fingerprint density at radius 3 is 1.02 bits per heavy atom. The smallest absolute Gasteiger partial charge is 0.349 e. The van der Waals surface area contributed by atoms with Gasteiger partial charge in [0.05, 0.1) is 0 Å². The Balaban J connectivity index is 1.75. The van der Waals surface area contributed by atoms with Crippen LogP contribution >= 0.6 is 0 Å². The Hall–Kier alpha value is -4.88. The van der Waals surface area contributed by atoms with Crippen molar-refractivity contribution in [1.82, 2.24) is 0 Å². The number of hydrogen-bond donors (Lipinski definition) is 0. The zero-order valence-electron chi connectivity index (χ0n) is 21.5. The van der Waals surface area contributed by atoms with Gasteiger partial charge >= 0.3 is 11.9 Å². The fourth-order valence-corrected chi connectivity index (χ4v) is 4.16. The molecule has 0 unspecified atom stereocenters. The number of ether oxygens (including phenoxy) is 2. The Bertz CT molecular complexity index is 1620. The number of hydrogen-bond acceptors (Lipinski definition) is 4. The van der Waals surface area contributed by atoms with Gasteiger partial charge in [0.25, 0.3) is 0 Å². The zero-order valence-corrected chi connectivity index (χ0v) is 21.5. The van der Waals surface area contributed by atoms with Crippen LogP contribution in [0.5, 0.6) is 11.5 Å². The van der Waals surface area contributed by atoms with Gasteiger partial charge in [-0.05, 0) is 12.1 Å². The van der Waals surface area contributed by atoms with Crippen LogP contribution < -0.4 is 9.47 Å². The van der Waals surface area contributed by atoms with Crippen molar-refractivity contribution in [3.8, 4) is 11.5 Å². The number of esters is 2. The van der Waals surface area contributed by atoms with Gasteiger partial charge < -0.3 is 9.47 Å². The van der Waals surface area contributed by atoms with E-state index in [0.29, 0.717) is 0 Å². The van der Waals surface area contributed by atoms with Crippen molar-refractivity contribution in [1.29, 1.82) is 0 Å². The predicted molar refractivity (Wildman–Crippen MR) is 127 cm³/mol. The van der Waals surface area contributed by atoms with E-state index in [-0.39, 0.29) is 11.1 Å². The second-order valence-corrected chi connectivity index (χ2v) is 9.29. The van der Waals surface area contributed by atoms with Crippen LogP contribution in [0.3, 0.4) is 0 Å². The van der Waals surface area contributed by atoms with Crippen LogP contribution in [0, 0.1) is 58.2 Å². The first-order chi connectivity index (χ1) is 20.1. The minimum atomic E-state index is -2.50. The van der Waals surface area contributed by atoms with Crippen LogP contribution in [-0.2, 0) is 5.41 Å². The van der Waals surface area contributed by atoms with E-state index < -0.39 is 98.2 Å². The summed E-state index contributed by atoms with van der Waals surface area (Å²) < 4.78 is 148. The van der Waals surface area contributed by atoms with E-state index in [0.717, 1.165) is 12.1 Å². The number of halogens is 10. The molecule has 0 atom stereocenters. The quantitative estimate of drug-likeness (QED) is 0.0729. The van der Waals surface area contributed by atoms with Gasteiger partial charge in [0.15, 0.2) is 46.5 Å². The summed E-state index contributed by atoms with van der Waals surface area (Å²) in [4.78, 5) is 25.2. The van der Waals surface area contributed by atoms with E-state index >= 15 is 0 Å². The van der Waals surface area contributed by atoms with Gasteiger partial charge in [-0.1, -0.05) is 50.2 Å². The molecule has 0 amide bonds. The summed E-state index contributed by atoms with van der Waals surface area (Å²) in [5.41, 5.74) is -5.22. The highest BCUT2D eigenvalue weighted by Crippen LogP contribution is 2.42. The lowest BCUT2D eigenvalue weighted by atomic mass is 9.77. The topological polar surface area (TPSA) is 52.6 Å². The molecule has 0 saturated heterocycles. The third-order valence-electron chi connectivity index (χ3n) is 6.35. The van der Waals surface area contributed by atoms with Gasteiger partial charge in [0.1, 0.15) is 22.6 Å². The molecule has 14 heteroatoms. The molecule has 4 nitrogen and oxygen atoms in total. The molecule has 0 spiro atoms. The first-order valence-electron chi connectivity index (χ1n) is 11.8. The molecule has 4 aromatic rings. The van der Waals surface area contributed by atoms with Crippen LogP contribution in [0.15, 0.2) is 48.5 Å². The van der Waals surface area contributed by atoms with E-state index in [1.807, 2.05) is 0 Å². The van der Waals surface area contributed by atoms with Crippen molar-refractivity contribution in [3.05, 3.63) is 129 Å². The molecule has 0 radical (unpaired) electrons. The molecule has 4 rings (SSSR count). The number of para-hydroxylation sites is 2. The molecule has 4 aromatic carbocycles. The number of carbonyl (C=O) groups is 2. The maximum atomic E-state index is 14.2. The summed E-state index contributed by atoms with van der Waals surface area (Å²) in [5.74, 6) is -29.1. The first-order valence-corrected chi connectivity index (χ1v) is 11.8. The standard InChI is InChI=1S/C29H14F10O4/c1-29(2,11-7-3-5-9-13(11)42-27(40)15-17(30)21(34)25(38)22(35)18(15)31)12-8-4-6-10-14(12)43-28(41)16-19(32)23(36)26(39)24(37)20(16)33/h3-10H,1-2H3. The molecule has 0 aliphatic heterocycles. The molecule has 224 valence electrons. The molecule has 0 aliphatic rings. The van der Waals surface area contributed by atoms with Gasteiger partial charge in [0, 0.05) is 16.5 Å². The molecule has 0 heterocycles. The zero-order chi connectivity index (χ0) is 32.0. The molecule has 0 saturated carbocycles. The summed E-state index contributed by atoms with van der Waals surface area (Å²) in [5, 5.41) is 0. The summed E-state index contributed by atoms with van der Waals surface area (Å²) in [6, 6.07) is 10.2. The van der Waals surface area contributed by atoms with E-state index in [1.54, 1.807) is 0 Å². The second kappa shape index (κ2) is 11.4. The van der Waals surface area contributed by atoms with Crippen LogP contribution in [0.4, 0.5) is 43.9 Å². The van der Waals surface area contributed by atoms with Crippen molar-refractivity contribution in [2.75, 3.05) is 0 Å². The van der Waals surface area contributed by atoms with Gasteiger partial charge in [0.2, 0.25) is 11.6 Å². The molecule has 43 heavy (non-hydrogen) atoms. The minimum absolute atomic E-state index is 0.00745. The average molecular weight is 616 g/mol. The number of rotatable bonds is 6. The summed E-state index contributed by atoms with van der Waals surface area (Å²) in [6.07, 6.45) is 0. The minimum Gasteiger partial charge on any atom is -0.422 e. The lowest BCUT2D eigenvalue weighted by molar-refractivity contribution is 0.0711. The Morgan fingerprint density at radius 2 is 0.721 bits per heavy atom. The Labute approximate surface area is 235 Å². The molecular weight excluding hydrogens is 602 g/mol. The summed E-state index contributed by atoms with van der Waals surface area (Å²) in [6.45, 7) is 2.84. The van der Waals surface area contributed by atoms with E-state index in [2.05, 4.69) is 0 Å². The van der Waals surface area contributed by atoms with E-state index in [4.69, 9.17) is 9.47 Å². The SMILES string of the molecule is CC(C)(c1ccccc1OC(=O)c1c(F)c(F)c(F)c(F)c1F)c1ccccc1OC(=O)c1c(F)c(F)c(F)c(F)c1F. The predicted octanol–water partition coefficient (Wildman–Crippen LogP) is 7.84. The van der Waals surface area contributed by atoms with Crippen molar-refractivity contribution in [2.24, 2.45) is 0 Å². The number of carbonyl (C=O) groups excluding carboxylic acids is 2. The first kappa shape index (κ1) is 31.1. The van der Waals surface area contributed by atoms with Crippen LogP contribution in [0.2, 0.25) is 0 Å². The normalized spacial score (nSPS) is 11.4. The molecule has 0 aliphatic carbocycles. The summed E-state index contributed by atoms with van der Waals surface area (Å²) >= 11 is 0. The van der Waals surface area contributed by atoms with Crippen molar-refractivity contribution < 1.29 is 63.0 Å². The van der Waals surface area contributed by atoms with E-state index in [9.17, 15) is 53.5 Å².